The summed E-state index contributed by atoms with van der Waals surface area (Å²) >= 11 is 0. The van der Waals surface area contributed by atoms with Crippen LogP contribution >= 0.6 is 0 Å². The smallest absolute Gasteiger partial charge is 0.251 e. The van der Waals surface area contributed by atoms with E-state index < -0.39 is 0 Å². The molecule has 0 atom stereocenters. The van der Waals surface area contributed by atoms with Crippen molar-refractivity contribution in [2.24, 2.45) is 0 Å². The van der Waals surface area contributed by atoms with Gasteiger partial charge in [-0.25, -0.2) is 9.97 Å². The highest BCUT2D eigenvalue weighted by molar-refractivity contribution is 5.34. The molecule has 2 aromatic heterocycles. The molecule has 84 valence electrons. The highest BCUT2D eigenvalue weighted by Crippen LogP contribution is 2.21. The third kappa shape index (κ3) is 1.64. The average Bonchev–Trinajstić information content (AvgIpc) is 2.44. The van der Waals surface area contributed by atoms with Gasteiger partial charge in [-0.15, -0.1) is 0 Å². The average molecular weight is 218 g/mol. The fourth-order valence-corrected chi connectivity index (χ4v) is 1.63. The van der Waals surface area contributed by atoms with Crippen molar-refractivity contribution in [2.45, 2.75) is 27.7 Å². The van der Waals surface area contributed by atoms with Crippen LogP contribution in [-0.4, -0.2) is 24.9 Å². The molecule has 2 rings (SSSR count). The maximum Gasteiger partial charge on any atom is 0.251 e. The highest BCUT2D eigenvalue weighted by Gasteiger charge is 2.13. The molecule has 1 N–H and O–H groups in total. The third-order valence-electron chi connectivity index (χ3n) is 2.41. The predicted octanol–water partition coefficient (Wildman–Crippen LogP) is 1.60. The van der Waals surface area contributed by atoms with Crippen LogP contribution < -0.4 is 0 Å². The van der Waals surface area contributed by atoms with Gasteiger partial charge in [-0.05, 0) is 33.8 Å². The van der Waals surface area contributed by atoms with E-state index in [4.69, 9.17) is 0 Å². The molecule has 0 spiro atoms. The molecular weight excluding hydrogens is 204 g/mol. The van der Waals surface area contributed by atoms with Crippen molar-refractivity contribution in [3.8, 4) is 11.7 Å². The van der Waals surface area contributed by atoms with E-state index in [9.17, 15) is 5.11 Å². The molecule has 0 saturated carbocycles. The molecule has 0 saturated heterocycles. The lowest BCUT2D eigenvalue weighted by molar-refractivity contribution is 0.466. The van der Waals surface area contributed by atoms with Crippen LogP contribution in [-0.2, 0) is 0 Å². The van der Waals surface area contributed by atoms with Crippen LogP contribution in [0.5, 0.6) is 5.75 Å². The Morgan fingerprint density at radius 2 is 1.62 bits per heavy atom. The number of aromatic nitrogens is 4. The minimum atomic E-state index is 0.197. The summed E-state index contributed by atoms with van der Waals surface area (Å²) in [6.45, 7) is 7.35. The number of nitrogens with zero attached hydrogens (tertiary/aromatic N) is 4. The Morgan fingerprint density at radius 1 is 1.06 bits per heavy atom. The minimum Gasteiger partial charge on any atom is -0.504 e. The summed E-state index contributed by atoms with van der Waals surface area (Å²) in [5, 5.41) is 13.9. The van der Waals surface area contributed by atoms with Crippen LogP contribution in [0.15, 0.2) is 6.07 Å². The van der Waals surface area contributed by atoms with E-state index in [0.29, 0.717) is 17.3 Å². The van der Waals surface area contributed by atoms with E-state index in [2.05, 4.69) is 15.1 Å². The fraction of sp³-hybridized carbons (Fsp3) is 0.364. The van der Waals surface area contributed by atoms with Gasteiger partial charge in [0.15, 0.2) is 5.75 Å². The van der Waals surface area contributed by atoms with Crippen LogP contribution in [0.1, 0.15) is 22.8 Å². The van der Waals surface area contributed by atoms with Gasteiger partial charge in [0, 0.05) is 11.4 Å². The van der Waals surface area contributed by atoms with Gasteiger partial charge in [-0.1, -0.05) is 0 Å². The maximum atomic E-state index is 9.69. The van der Waals surface area contributed by atoms with Gasteiger partial charge in [0.05, 0.1) is 5.69 Å². The van der Waals surface area contributed by atoms with Crippen molar-refractivity contribution in [2.75, 3.05) is 0 Å². The molecule has 0 fully saturated rings. The quantitative estimate of drug-likeness (QED) is 0.789. The summed E-state index contributed by atoms with van der Waals surface area (Å²) in [4.78, 5) is 8.60. The Labute approximate surface area is 93.8 Å². The molecule has 16 heavy (non-hydrogen) atoms. The van der Waals surface area contributed by atoms with Crippen molar-refractivity contribution >= 4 is 0 Å². The number of aromatic hydroxyl groups is 1. The molecular formula is C11H14N4O. The lowest BCUT2D eigenvalue weighted by Gasteiger charge is -2.04. The minimum absolute atomic E-state index is 0.197. The topological polar surface area (TPSA) is 63.8 Å². The van der Waals surface area contributed by atoms with Crippen molar-refractivity contribution in [3.63, 3.8) is 0 Å². The normalized spacial score (nSPS) is 10.8. The lowest BCUT2D eigenvalue weighted by Crippen LogP contribution is -2.06. The first-order valence-electron chi connectivity index (χ1n) is 5.07. The van der Waals surface area contributed by atoms with Gasteiger partial charge in [0.2, 0.25) is 0 Å². The van der Waals surface area contributed by atoms with E-state index in [1.807, 2.05) is 19.9 Å². The summed E-state index contributed by atoms with van der Waals surface area (Å²) < 4.78 is 1.56. The Kier molecular flexibility index (Phi) is 2.38. The molecule has 0 radical (unpaired) electrons. The molecule has 0 aliphatic heterocycles. The van der Waals surface area contributed by atoms with E-state index in [1.54, 1.807) is 18.5 Å². The molecule has 0 aliphatic rings. The second kappa shape index (κ2) is 3.59. The third-order valence-corrected chi connectivity index (χ3v) is 2.41. The molecule has 0 aliphatic carbocycles. The predicted molar refractivity (Wildman–Crippen MR) is 59.8 cm³/mol. The zero-order valence-electron chi connectivity index (χ0n) is 9.81. The molecule has 5 nitrogen and oxygen atoms in total. The molecule has 0 amide bonds. The maximum absolute atomic E-state index is 9.69. The lowest BCUT2D eigenvalue weighted by atomic mass is 10.3. The zero-order chi connectivity index (χ0) is 11.9. The van der Waals surface area contributed by atoms with Crippen molar-refractivity contribution in [1.29, 1.82) is 0 Å². The van der Waals surface area contributed by atoms with Crippen LogP contribution in [0.3, 0.4) is 0 Å². The van der Waals surface area contributed by atoms with Gasteiger partial charge >= 0.3 is 0 Å². The first-order valence-corrected chi connectivity index (χ1v) is 5.07. The molecule has 2 aromatic rings. The standard InChI is InChI=1S/C11H14N4O/c1-6-5-7(2)13-11(12-6)15-9(4)10(16)8(3)14-15/h5,16H,1-4H3. The summed E-state index contributed by atoms with van der Waals surface area (Å²) in [7, 11) is 0. The van der Waals surface area contributed by atoms with E-state index in [1.165, 1.54) is 0 Å². The van der Waals surface area contributed by atoms with Gasteiger partial charge in [0.25, 0.3) is 5.95 Å². The van der Waals surface area contributed by atoms with Gasteiger partial charge in [0.1, 0.15) is 5.69 Å². The summed E-state index contributed by atoms with van der Waals surface area (Å²) in [6, 6.07) is 1.90. The Hall–Kier alpha value is -1.91. The SMILES string of the molecule is Cc1cc(C)nc(-n2nc(C)c(O)c2C)n1. The first-order chi connectivity index (χ1) is 7.49. The van der Waals surface area contributed by atoms with Crippen LogP contribution in [0.4, 0.5) is 0 Å². The molecule has 0 bridgehead atoms. The van der Waals surface area contributed by atoms with Crippen LogP contribution in [0.2, 0.25) is 0 Å². The van der Waals surface area contributed by atoms with Crippen LogP contribution in [0, 0.1) is 27.7 Å². The van der Waals surface area contributed by atoms with Gasteiger partial charge in [-0.2, -0.15) is 9.78 Å². The molecule has 0 aromatic carbocycles. The van der Waals surface area contributed by atoms with Gasteiger partial charge in [-0.3, -0.25) is 0 Å². The van der Waals surface area contributed by atoms with Crippen LogP contribution in [0.25, 0.3) is 5.95 Å². The highest BCUT2D eigenvalue weighted by atomic mass is 16.3. The van der Waals surface area contributed by atoms with E-state index in [-0.39, 0.29) is 5.75 Å². The van der Waals surface area contributed by atoms with Crippen molar-refractivity contribution in [1.82, 2.24) is 19.7 Å². The molecule has 0 unspecified atom stereocenters. The summed E-state index contributed by atoms with van der Waals surface area (Å²) in [5.74, 6) is 0.696. The van der Waals surface area contributed by atoms with E-state index in [0.717, 1.165) is 11.4 Å². The number of hydrogen-bond acceptors (Lipinski definition) is 4. The summed E-state index contributed by atoms with van der Waals surface area (Å²) in [5.41, 5.74) is 3.01. The largest absolute Gasteiger partial charge is 0.504 e. The Morgan fingerprint density at radius 3 is 2.06 bits per heavy atom. The number of rotatable bonds is 1. The number of aryl methyl sites for hydroxylation is 3. The van der Waals surface area contributed by atoms with Crippen molar-refractivity contribution < 1.29 is 5.11 Å². The van der Waals surface area contributed by atoms with Crippen molar-refractivity contribution in [3.05, 3.63) is 28.8 Å². The molecule has 5 heteroatoms. The monoisotopic (exact) mass is 218 g/mol. The molecule has 2 heterocycles. The Bertz CT molecular complexity index is 525. The summed E-state index contributed by atoms with van der Waals surface area (Å²) in [6.07, 6.45) is 0. The first kappa shape index (κ1) is 10.6. The second-order valence-corrected chi connectivity index (χ2v) is 3.88. The fourth-order valence-electron chi connectivity index (χ4n) is 1.63. The second-order valence-electron chi connectivity index (χ2n) is 3.88. The Balaban J connectivity index is 2.62. The zero-order valence-corrected chi connectivity index (χ0v) is 9.81. The van der Waals surface area contributed by atoms with E-state index >= 15 is 0 Å². The van der Waals surface area contributed by atoms with Gasteiger partial charge < -0.3 is 5.11 Å². The number of hydrogen-bond donors (Lipinski definition) is 1.